The van der Waals surface area contributed by atoms with Gasteiger partial charge in [-0.25, -0.2) is 4.79 Å². The number of hydrogen-bond acceptors (Lipinski definition) is 6. The highest BCUT2D eigenvalue weighted by Crippen LogP contribution is 2.19. The van der Waals surface area contributed by atoms with Crippen molar-refractivity contribution in [1.29, 1.82) is 0 Å². The molecule has 6 N–H and O–H groups in total. The number of carboxylic acids is 1. The second-order valence-corrected chi connectivity index (χ2v) is 8.57. The van der Waals surface area contributed by atoms with E-state index in [1.807, 2.05) is 0 Å². The normalized spacial score (nSPS) is 11.2. The Kier molecular flexibility index (Phi) is 11.4. The molecular weight excluding hydrogens is 504 g/mol. The van der Waals surface area contributed by atoms with Gasteiger partial charge >= 0.3 is 5.97 Å². The lowest BCUT2D eigenvalue weighted by molar-refractivity contribution is -0.139. The van der Waals surface area contributed by atoms with Crippen LogP contribution in [0.5, 0.6) is 5.75 Å². The molecule has 0 spiro atoms. The molecule has 0 unspecified atom stereocenters. The van der Waals surface area contributed by atoms with Crippen LogP contribution in [-0.2, 0) is 20.9 Å². The molecule has 2 aromatic rings. The monoisotopic (exact) mass is 532 g/mol. The topological polar surface area (TPSA) is 174 Å². The van der Waals surface area contributed by atoms with Gasteiger partial charge in [-0.3, -0.25) is 19.2 Å². The predicted molar refractivity (Wildman–Crippen MR) is 135 cm³/mol. The van der Waals surface area contributed by atoms with E-state index in [4.69, 9.17) is 11.6 Å². The molecule has 0 heterocycles. The summed E-state index contributed by atoms with van der Waals surface area (Å²) in [6.45, 7) is 1.63. The third-order valence-corrected chi connectivity index (χ3v) is 5.50. The Labute approximate surface area is 218 Å². The second-order valence-electron chi connectivity index (χ2n) is 8.17. The fourth-order valence-electron chi connectivity index (χ4n) is 3.25. The second kappa shape index (κ2) is 14.4. The summed E-state index contributed by atoms with van der Waals surface area (Å²) < 4.78 is 0. The van der Waals surface area contributed by atoms with E-state index in [9.17, 15) is 34.2 Å². The number of phenolic OH excluding ortho intramolecular Hbond substituents is 1. The summed E-state index contributed by atoms with van der Waals surface area (Å²) in [7, 11) is 0. The number of aromatic hydroxyl groups is 1. The number of halogens is 1. The highest BCUT2D eigenvalue weighted by molar-refractivity contribution is 6.34. The molecule has 2 rings (SSSR count). The summed E-state index contributed by atoms with van der Waals surface area (Å²) in [6.07, 6.45) is 0.998. The first-order valence-corrected chi connectivity index (χ1v) is 11.8. The van der Waals surface area contributed by atoms with Gasteiger partial charge in [-0.2, -0.15) is 0 Å². The number of unbranched alkanes of at least 4 members (excludes halogenated alkanes) is 1. The summed E-state index contributed by atoms with van der Waals surface area (Å²) >= 11 is 6.20. The standard InChI is InChI=1S/C25H29ClN4O7/c1-15(31)28-14-22(33)27-10-3-2-7-21(25(36)37)30-24(35)19-9-8-17(12-20(19)26)23(34)29-13-16-5-4-6-18(32)11-16/h4-6,8-9,11-12,21,32H,2-3,7,10,13-14H2,1H3,(H,27,33)(H,28,31)(H,29,34)(H,30,35)(H,36,37)/t21-/m0/s1. The first kappa shape index (κ1) is 29.1. The number of hydrogen-bond donors (Lipinski definition) is 6. The lowest BCUT2D eigenvalue weighted by Gasteiger charge is -2.15. The Morgan fingerprint density at radius 2 is 1.70 bits per heavy atom. The van der Waals surface area contributed by atoms with Crippen LogP contribution in [0.3, 0.4) is 0 Å². The first-order chi connectivity index (χ1) is 17.6. The highest BCUT2D eigenvalue weighted by Gasteiger charge is 2.22. The van der Waals surface area contributed by atoms with Crippen LogP contribution in [0, 0.1) is 0 Å². The molecule has 0 aliphatic carbocycles. The van der Waals surface area contributed by atoms with Gasteiger partial charge in [-0.1, -0.05) is 23.7 Å². The van der Waals surface area contributed by atoms with Crippen molar-refractivity contribution < 1.29 is 34.2 Å². The van der Waals surface area contributed by atoms with E-state index < -0.39 is 23.8 Å². The zero-order chi connectivity index (χ0) is 27.4. The predicted octanol–water partition coefficient (Wildman–Crippen LogP) is 1.58. The Hall–Kier alpha value is -4.12. The van der Waals surface area contributed by atoms with Crippen LogP contribution in [0.2, 0.25) is 5.02 Å². The van der Waals surface area contributed by atoms with E-state index in [0.717, 1.165) is 0 Å². The number of nitrogens with one attached hydrogen (secondary N) is 4. The number of carbonyl (C=O) groups is 5. The van der Waals surface area contributed by atoms with Crippen molar-refractivity contribution in [1.82, 2.24) is 21.3 Å². The van der Waals surface area contributed by atoms with Crippen molar-refractivity contribution in [3.63, 3.8) is 0 Å². The number of rotatable bonds is 13. The number of phenols is 1. The molecular formula is C25H29ClN4O7. The molecule has 198 valence electrons. The lowest BCUT2D eigenvalue weighted by atomic mass is 10.1. The maximum atomic E-state index is 12.6. The maximum absolute atomic E-state index is 12.6. The molecule has 0 saturated heterocycles. The van der Waals surface area contributed by atoms with Crippen LogP contribution in [0.15, 0.2) is 42.5 Å². The quantitative estimate of drug-likeness (QED) is 0.212. The van der Waals surface area contributed by atoms with Gasteiger partial charge in [0.2, 0.25) is 11.8 Å². The molecule has 11 nitrogen and oxygen atoms in total. The van der Waals surface area contributed by atoms with Crippen molar-refractivity contribution >= 4 is 41.2 Å². The minimum Gasteiger partial charge on any atom is -0.508 e. The third-order valence-electron chi connectivity index (χ3n) is 5.18. The van der Waals surface area contributed by atoms with E-state index in [1.165, 1.54) is 37.3 Å². The summed E-state index contributed by atoms with van der Waals surface area (Å²) in [6, 6.07) is 9.30. The van der Waals surface area contributed by atoms with Crippen LogP contribution >= 0.6 is 11.6 Å². The Balaban J connectivity index is 1.85. The van der Waals surface area contributed by atoms with Gasteiger partial charge < -0.3 is 31.5 Å². The molecule has 0 saturated carbocycles. The number of amides is 4. The third kappa shape index (κ3) is 10.2. The first-order valence-electron chi connectivity index (χ1n) is 11.5. The maximum Gasteiger partial charge on any atom is 0.326 e. The zero-order valence-corrected chi connectivity index (χ0v) is 20.9. The molecule has 2 aromatic carbocycles. The van der Waals surface area contributed by atoms with Crippen LogP contribution in [0.25, 0.3) is 0 Å². The fourth-order valence-corrected chi connectivity index (χ4v) is 3.52. The van der Waals surface area contributed by atoms with Crippen molar-refractivity contribution in [2.45, 2.75) is 38.8 Å². The van der Waals surface area contributed by atoms with E-state index in [2.05, 4.69) is 21.3 Å². The summed E-state index contributed by atoms with van der Waals surface area (Å²) in [5.41, 5.74) is 0.919. The van der Waals surface area contributed by atoms with Crippen LogP contribution in [-0.4, -0.2) is 58.9 Å². The summed E-state index contributed by atoms with van der Waals surface area (Å²) in [4.78, 5) is 59.0. The largest absolute Gasteiger partial charge is 0.508 e. The molecule has 0 radical (unpaired) electrons. The number of carboxylic acid groups (broad SMARTS) is 1. The van der Waals surface area contributed by atoms with Gasteiger partial charge in [0.05, 0.1) is 17.1 Å². The zero-order valence-electron chi connectivity index (χ0n) is 20.2. The summed E-state index contributed by atoms with van der Waals surface area (Å²) in [5, 5.41) is 29.0. The molecule has 1 atom stereocenters. The molecule has 0 aromatic heterocycles. The molecule has 12 heteroatoms. The fraction of sp³-hybridized carbons (Fsp3) is 0.320. The van der Waals surface area contributed by atoms with Crippen molar-refractivity contribution in [3.8, 4) is 5.75 Å². The van der Waals surface area contributed by atoms with Gasteiger partial charge in [0, 0.05) is 25.6 Å². The Morgan fingerprint density at radius 3 is 2.35 bits per heavy atom. The smallest absolute Gasteiger partial charge is 0.326 e. The number of aliphatic carboxylic acids is 1. The molecule has 37 heavy (non-hydrogen) atoms. The van der Waals surface area contributed by atoms with E-state index in [1.54, 1.807) is 12.1 Å². The van der Waals surface area contributed by atoms with Crippen LogP contribution < -0.4 is 21.3 Å². The molecule has 0 bridgehead atoms. The van der Waals surface area contributed by atoms with E-state index in [-0.39, 0.29) is 53.2 Å². The van der Waals surface area contributed by atoms with Crippen molar-refractivity contribution in [3.05, 3.63) is 64.2 Å². The Bertz CT molecular complexity index is 1160. The van der Waals surface area contributed by atoms with E-state index >= 15 is 0 Å². The van der Waals surface area contributed by atoms with Gasteiger partial charge in [0.15, 0.2) is 0 Å². The lowest BCUT2D eigenvalue weighted by Crippen LogP contribution is -2.41. The average molecular weight is 533 g/mol. The minimum atomic E-state index is -1.22. The average Bonchev–Trinajstić information content (AvgIpc) is 2.84. The summed E-state index contributed by atoms with van der Waals surface area (Å²) in [5.74, 6) is -2.96. The molecule has 0 fully saturated rings. The molecule has 0 aliphatic heterocycles. The number of benzene rings is 2. The van der Waals surface area contributed by atoms with E-state index in [0.29, 0.717) is 24.9 Å². The minimum absolute atomic E-state index is 0.0164. The number of carbonyl (C=O) groups excluding carboxylic acids is 4. The van der Waals surface area contributed by atoms with Crippen molar-refractivity contribution in [2.75, 3.05) is 13.1 Å². The molecule has 0 aliphatic rings. The van der Waals surface area contributed by atoms with Gasteiger partial charge in [-0.05, 0) is 55.2 Å². The van der Waals surface area contributed by atoms with Gasteiger partial charge in [-0.15, -0.1) is 0 Å². The van der Waals surface area contributed by atoms with Crippen LogP contribution in [0.1, 0.15) is 52.5 Å². The van der Waals surface area contributed by atoms with Gasteiger partial charge in [0.1, 0.15) is 11.8 Å². The Morgan fingerprint density at radius 1 is 0.946 bits per heavy atom. The van der Waals surface area contributed by atoms with Crippen LogP contribution in [0.4, 0.5) is 0 Å². The van der Waals surface area contributed by atoms with Gasteiger partial charge in [0.25, 0.3) is 11.8 Å². The molecule has 4 amide bonds. The highest BCUT2D eigenvalue weighted by atomic mass is 35.5. The SMILES string of the molecule is CC(=O)NCC(=O)NCCCC[C@H](NC(=O)c1ccc(C(=O)NCc2cccc(O)c2)cc1Cl)C(=O)O. The van der Waals surface area contributed by atoms with Crippen molar-refractivity contribution in [2.24, 2.45) is 0 Å².